The molecule has 0 saturated heterocycles. The largest absolute Gasteiger partial charge is 0.478 e. The third-order valence-corrected chi connectivity index (χ3v) is 2.42. The second-order valence-electron chi connectivity index (χ2n) is 3.76. The minimum Gasteiger partial charge on any atom is -0.478 e. The van der Waals surface area contributed by atoms with Gasteiger partial charge in [-0.15, -0.1) is 0 Å². The summed E-state index contributed by atoms with van der Waals surface area (Å²) in [5, 5.41) is 11.9. The smallest absolute Gasteiger partial charge is 0.336 e. The molecule has 0 aliphatic rings. The number of hydrogen-bond acceptors (Lipinski definition) is 4. The number of aromatic amines is 1. The second-order valence-corrected chi connectivity index (χ2v) is 3.76. The highest BCUT2D eigenvalue weighted by Gasteiger charge is 2.08. The fourth-order valence-electron chi connectivity index (χ4n) is 1.51. The zero-order valence-corrected chi connectivity index (χ0v) is 9.60. The van der Waals surface area contributed by atoms with Gasteiger partial charge in [-0.1, -0.05) is 6.07 Å². The summed E-state index contributed by atoms with van der Waals surface area (Å²) >= 11 is 0. The molecule has 1 heterocycles. The van der Waals surface area contributed by atoms with E-state index in [-0.39, 0.29) is 11.1 Å². The van der Waals surface area contributed by atoms with E-state index >= 15 is 0 Å². The molecule has 3 N–H and O–H groups in total. The highest BCUT2D eigenvalue weighted by Crippen LogP contribution is 2.18. The zero-order valence-electron chi connectivity index (χ0n) is 9.60. The van der Waals surface area contributed by atoms with Crippen LogP contribution in [0.25, 0.3) is 0 Å². The van der Waals surface area contributed by atoms with Crippen molar-refractivity contribution in [3.8, 4) is 0 Å². The van der Waals surface area contributed by atoms with Crippen LogP contribution in [-0.2, 0) is 0 Å². The molecule has 6 nitrogen and oxygen atoms in total. The first kappa shape index (κ1) is 11.8. The van der Waals surface area contributed by atoms with Crippen LogP contribution in [0.4, 0.5) is 11.5 Å². The van der Waals surface area contributed by atoms with Gasteiger partial charge in [-0.05, 0) is 24.6 Å². The predicted octanol–water partition coefficient (Wildman–Crippen LogP) is 1.52. The zero-order chi connectivity index (χ0) is 13.1. The molecule has 6 heteroatoms. The number of rotatable bonds is 3. The number of nitrogens with zero attached hydrogens (tertiary/aromatic N) is 1. The van der Waals surface area contributed by atoms with Crippen LogP contribution in [-0.4, -0.2) is 21.0 Å². The highest BCUT2D eigenvalue weighted by atomic mass is 16.4. The maximum atomic E-state index is 11.1. The van der Waals surface area contributed by atoms with E-state index in [2.05, 4.69) is 15.3 Å². The van der Waals surface area contributed by atoms with Crippen LogP contribution in [0.15, 0.2) is 35.4 Å². The topological polar surface area (TPSA) is 95.1 Å². The molecular weight excluding hydrogens is 234 g/mol. The van der Waals surface area contributed by atoms with Crippen LogP contribution in [0.1, 0.15) is 15.9 Å². The maximum Gasteiger partial charge on any atom is 0.336 e. The van der Waals surface area contributed by atoms with E-state index < -0.39 is 5.97 Å². The lowest BCUT2D eigenvalue weighted by Gasteiger charge is -2.07. The summed E-state index contributed by atoms with van der Waals surface area (Å²) < 4.78 is 0. The third kappa shape index (κ3) is 2.54. The predicted molar refractivity (Wildman–Crippen MR) is 66.3 cm³/mol. The maximum absolute atomic E-state index is 11.1. The Balaban J connectivity index is 2.33. The quantitative estimate of drug-likeness (QED) is 0.762. The SMILES string of the molecule is Cc1ccc(Nc2cc(=O)[nH]cn2)cc1C(=O)O. The molecule has 0 aliphatic heterocycles. The fraction of sp³-hybridized carbons (Fsp3) is 0.0833. The molecule has 1 aromatic heterocycles. The van der Waals surface area contributed by atoms with Gasteiger partial charge >= 0.3 is 5.97 Å². The van der Waals surface area contributed by atoms with E-state index in [9.17, 15) is 9.59 Å². The Kier molecular flexibility index (Phi) is 3.09. The Labute approximate surface area is 102 Å². The van der Waals surface area contributed by atoms with Gasteiger partial charge in [0.25, 0.3) is 5.56 Å². The van der Waals surface area contributed by atoms with Crippen LogP contribution in [0.5, 0.6) is 0 Å². The molecule has 92 valence electrons. The van der Waals surface area contributed by atoms with Crippen molar-refractivity contribution in [3.63, 3.8) is 0 Å². The van der Waals surface area contributed by atoms with Crippen molar-refractivity contribution in [2.45, 2.75) is 6.92 Å². The molecule has 0 aliphatic carbocycles. The van der Waals surface area contributed by atoms with Gasteiger partial charge < -0.3 is 15.4 Å². The number of aromatic nitrogens is 2. The number of aryl methyl sites for hydroxylation is 1. The summed E-state index contributed by atoms with van der Waals surface area (Å²) in [5.74, 6) is -0.631. The first-order valence-electron chi connectivity index (χ1n) is 5.22. The Bertz CT molecular complexity index is 649. The van der Waals surface area contributed by atoms with Crippen LogP contribution in [0.3, 0.4) is 0 Å². The molecule has 0 bridgehead atoms. The summed E-state index contributed by atoms with van der Waals surface area (Å²) in [7, 11) is 0. The summed E-state index contributed by atoms with van der Waals surface area (Å²) in [5.41, 5.74) is 1.17. The molecule has 0 amide bonds. The number of aromatic carboxylic acids is 1. The average molecular weight is 245 g/mol. The molecule has 0 saturated carbocycles. The molecule has 0 fully saturated rings. The Hall–Kier alpha value is -2.63. The summed E-state index contributed by atoms with van der Waals surface area (Å²) in [6, 6.07) is 6.21. The lowest BCUT2D eigenvalue weighted by atomic mass is 10.1. The van der Waals surface area contributed by atoms with Crippen molar-refractivity contribution in [1.82, 2.24) is 9.97 Å². The minimum atomic E-state index is -0.991. The van der Waals surface area contributed by atoms with Crippen molar-refractivity contribution in [2.75, 3.05) is 5.32 Å². The van der Waals surface area contributed by atoms with Gasteiger partial charge in [-0.2, -0.15) is 0 Å². The van der Waals surface area contributed by atoms with Gasteiger partial charge in [0.05, 0.1) is 11.9 Å². The van der Waals surface area contributed by atoms with Gasteiger partial charge in [0.15, 0.2) is 0 Å². The molecular formula is C12H11N3O3. The number of carbonyl (C=O) groups is 1. The van der Waals surface area contributed by atoms with Crippen molar-refractivity contribution >= 4 is 17.5 Å². The fourth-order valence-corrected chi connectivity index (χ4v) is 1.51. The molecule has 2 rings (SSSR count). The number of hydrogen-bond donors (Lipinski definition) is 3. The van der Waals surface area contributed by atoms with Crippen LogP contribution >= 0.6 is 0 Å². The number of benzene rings is 1. The third-order valence-electron chi connectivity index (χ3n) is 2.42. The van der Waals surface area contributed by atoms with Crippen LogP contribution in [0.2, 0.25) is 0 Å². The van der Waals surface area contributed by atoms with E-state index in [4.69, 9.17) is 5.11 Å². The molecule has 1 aromatic carbocycles. The molecule has 18 heavy (non-hydrogen) atoms. The van der Waals surface area contributed by atoms with Crippen LogP contribution < -0.4 is 10.9 Å². The Morgan fingerprint density at radius 2 is 2.17 bits per heavy atom. The number of anilines is 2. The van der Waals surface area contributed by atoms with Gasteiger partial charge in [0.2, 0.25) is 0 Å². The van der Waals surface area contributed by atoms with Gasteiger partial charge in [0, 0.05) is 11.8 Å². The highest BCUT2D eigenvalue weighted by molar-refractivity contribution is 5.90. The number of H-pyrrole nitrogens is 1. The van der Waals surface area contributed by atoms with E-state index in [0.717, 1.165) is 0 Å². The van der Waals surface area contributed by atoms with Gasteiger partial charge in [-0.25, -0.2) is 9.78 Å². The first-order chi connectivity index (χ1) is 8.56. The molecule has 0 radical (unpaired) electrons. The van der Waals surface area contributed by atoms with Crippen molar-refractivity contribution in [2.24, 2.45) is 0 Å². The minimum absolute atomic E-state index is 0.213. The number of carboxylic acids is 1. The molecule has 2 aromatic rings. The van der Waals surface area contributed by atoms with Crippen LogP contribution in [0, 0.1) is 6.92 Å². The van der Waals surface area contributed by atoms with Gasteiger partial charge in [-0.3, -0.25) is 4.79 Å². The average Bonchev–Trinajstić information content (AvgIpc) is 2.31. The number of carboxylic acid groups (broad SMARTS) is 1. The molecule has 0 atom stereocenters. The normalized spacial score (nSPS) is 10.1. The monoisotopic (exact) mass is 245 g/mol. The molecule has 0 spiro atoms. The lowest BCUT2D eigenvalue weighted by Crippen LogP contribution is -2.07. The van der Waals surface area contributed by atoms with E-state index in [1.54, 1.807) is 19.1 Å². The van der Waals surface area contributed by atoms with Crippen molar-refractivity contribution in [3.05, 3.63) is 52.1 Å². The first-order valence-corrected chi connectivity index (χ1v) is 5.22. The van der Waals surface area contributed by atoms with E-state index in [1.165, 1.54) is 18.5 Å². The van der Waals surface area contributed by atoms with E-state index in [1.807, 2.05) is 0 Å². The summed E-state index contributed by atoms with van der Waals surface area (Å²) in [4.78, 5) is 28.4. The second kappa shape index (κ2) is 4.70. The summed E-state index contributed by atoms with van der Waals surface area (Å²) in [6.45, 7) is 1.72. The Morgan fingerprint density at radius 1 is 1.39 bits per heavy atom. The standard InChI is InChI=1S/C12H11N3O3/c1-7-2-3-8(4-9(7)12(17)18)15-10-5-11(16)14-6-13-10/h2-6H,1H3,(H,17,18)(H2,13,14,15,16). The Morgan fingerprint density at radius 3 is 2.83 bits per heavy atom. The van der Waals surface area contributed by atoms with Crippen molar-refractivity contribution < 1.29 is 9.90 Å². The van der Waals surface area contributed by atoms with Gasteiger partial charge in [0.1, 0.15) is 5.82 Å². The number of nitrogens with one attached hydrogen (secondary N) is 2. The van der Waals surface area contributed by atoms with E-state index in [0.29, 0.717) is 17.1 Å². The summed E-state index contributed by atoms with van der Waals surface area (Å²) in [6.07, 6.45) is 1.27. The molecule has 0 unspecified atom stereocenters. The lowest BCUT2D eigenvalue weighted by molar-refractivity contribution is 0.0696. The van der Waals surface area contributed by atoms with Crippen molar-refractivity contribution in [1.29, 1.82) is 0 Å².